The predicted octanol–water partition coefficient (Wildman–Crippen LogP) is 2.12. The quantitative estimate of drug-likeness (QED) is 0.679. The molecule has 0 aliphatic rings. The van der Waals surface area contributed by atoms with Crippen LogP contribution in [0.1, 0.15) is 0 Å². The van der Waals surface area contributed by atoms with Crippen LogP contribution in [-0.4, -0.2) is 31.8 Å². The molecule has 0 spiro atoms. The van der Waals surface area contributed by atoms with E-state index in [2.05, 4.69) is 39.3 Å². The molecule has 0 aromatic carbocycles. The van der Waals surface area contributed by atoms with Gasteiger partial charge in [0.05, 0.1) is 7.59 Å². The van der Waals surface area contributed by atoms with E-state index in [1.807, 2.05) is 0 Å². The third-order valence-corrected chi connectivity index (χ3v) is 12.9. The number of hydrogen-bond donors (Lipinski definition) is 0. The maximum atomic E-state index is 6.07. The molecule has 0 aliphatic carbocycles. The van der Waals surface area contributed by atoms with Gasteiger partial charge in [-0.25, -0.2) is 0 Å². The Hall–Kier alpha value is 0.571. The molecule has 74 valence electrons. The molecule has 0 heterocycles. The molecule has 0 rings (SSSR count). The van der Waals surface area contributed by atoms with Crippen LogP contribution in [0.5, 0.6) is 0 Å². The number of hydrogen-bond acceptors (Lipinski definition) is 2. The van der Waals surface area contributed by atoms with Crippen molar-refractivity contribution in [1.82, 2.24) is 0 Å². The van der Waals surface area contributed by atoms with Gasteiger partial charge in [0, 0.05) is 7.11 Å². The van der Waals surface area contributed by atoms with Gasteiger partial charge in [0.2, 0.25) is 0 Å². The maximum absolute atomic E-state index is 6.07. The highest BCUT2D eigenvalue weighted by atomic mass is 29.3. The maximum Gasteiger partial charge on any atom is 0.289 e. The van der Waals surface area contributed by atoms with Crippen LogP contribution in [0, 0.1) is 0 Å². The summed E-state index contributed by atoms with van der Waals surface area (Å²) >= 11 is 0. The Morgan fingerprint density at radius 3 is 1.42 bits per heavy atom. The average Bonchev–Trinajstić information content (AvgIpc) is 1.78. The van der Waals surface area contributed by atoms with Crippen molar-refractivity contribution in [2.24, 2.45) is 0 Å². The highest BCUT2D eigenvalue weighted by Crippen LogP contribution is 2.14. The van der Waals surface area contributed by atoms with Gasteiger partial charge in [-0.2, -0.15) is 0 Å². The molecule has 2 nitrogen and oxygen atoms in total. The van der Waals surface area contributed by atoms with Crippen LogP contribution in [0.2, 0.25) is 39.3 Å². The van der Waals surface area contributed by atoms with Gasteiger partial charge in [0.25, 0.3) is 8.80 Å². The van der Waals surface area contributed by atoms with Crippen LogP contribution in [-0.2, 0) is 8.54 Å². The summed E-state index contributed by atoms with van der Waals surface area (Å²) in [6.07, 6.45) is 0. The van der Waals surface area contributed by atoms with Crippen LogP contribution >= 0.6 is 0 Å². The molecular weight excluding hydrogens is 200 g/mol. The van der Waals surface area contributed by atoms with E-state index in [9.17, 15) is 0 Å². The minimum absolute atomic E-state index is 1.17. The summed E-state index contributed by atoms with van der Waals surface area (Å²) in [5.74, 6) is 0. The van der Waals surface area contributed by atoms with E-state index in [1.165, 1.54) is 0 Å². The van der Waals surface area contributed by atoms with Crippen molar-refractivity contribution >= 4 is 24.7 Å². The summed E-state index contributed by atoms with van der Waals surface area (Å²) < 4.78 is 11.6. The first-order valence-corrected chi connectivity index (χ1v) is 14.0. The first-order valence-electron chi connectivity index (χ1n) is 4.37. The van der Waals surface area contributed by atoms with Gasteiger partial charge in [-0.15, -0.1) is 0 Å². The Labute approximate surface area is 80.1 Å². The van der Waals surface area contributed by atoms with E-state index in [1.54, 1.807) is 7.11 Å². The lowest BCUT2D eigenvalue weighted by molar-refractivity contribution is 0.350. The van der Waals surface area contributed by atoms with Crippen LogP contribution < -0.4 is 0 Å². The normalized spacial score (nSPS) is 16.2. The molecule has 0 fully saturated rings. The Balaban J connectivity index is 4.20. The average molecular weight is 223 g/mol. The molecule has 0 aliphatic heterocycles. The predicted molar refractivity (Wildman–Crippen MR) is 61.9 cm³/mol. The highest BCUT2D eigenvalue weighted by Gasteiger charge is 2.34. The zero-order valence-electron chi connectivity index (χ0n) is 9.39. The van der Waals surface area contributed by atoms with Crippen molar-refractivity contribution in [2.45, 2.75) is 39.3 Å². The molecule has 0 aromatic heterocycles. The molecule has 12 heavy (non-hydrogen) atoms. The van der Waals surface area contributed by atoms with E-state index < -0.39 is 24.7 Å². The fourth-order valence-corrected chi connectivity index (χ4v) is 14.5. The zero-order valence-corrected chi connectivity index (χ0v) is 12.5. The first-order chi connectivity index (χ1) is 5.17. The van der Waals surface area contributed by atoms with Crippen molar-refractivity contribution in [3.05, 3.63) is 0 Å². The van der Waals surface area contributed by atoms with Gasteiger partial charge in [0.15, 0.2) is 8.32 Å². The fraction of sp³-hybridized carbons (Fsp3) is 1.00. The van der Waals surface area contributed by atoms with Gasteiger partial charge in [-0.3, -0.25) is 0 Å². The molecule has 0 aromatic rings. The highest BCUT2D eigenvalue weighted by molar-refractivity contribution is 7.28. The Morgan fingerprint density at radius 1 is 0.917 bits per heavy atom. The van der Waals surface area contributed by atoms with Crippen LogP contribution in [0.15, 0.2) is 0 Å². The molecule has 1 unspecified atom stereocenters. The molecule has 0 saturated heterocycles. The van der Waals surface area contributed by atoms with E-state index in [-0.39, 0.29) is 0 Å². The molecule has 0 N–H and O–H groups in total. The second-order valence-corrected chi connectivity index (χ2v) is 22.8. The van der Waals surface area contributed by atoms with E-state index >= 15 is 0 Å². The van der Waals surface area contributed by atoms with Crippen molar-refractivity contribution in [3.8, 4) is 0 Å². The van der Waals surface area contributed by atoms with E-state index in [0.29, 0.717) is 0 Å². The van der Waals surface area contributed by atoms with Gasteiger partial charge in [0.1, 0.15) is 0 Å². The van der Waals surface area contributed by atoms with Gasteiger partial charge in [-0.05, 0) is 19.6 Å². The topological polar surface area (TPSA) is 18.5 Å². The molecule has 1 atom stereocenters. The van der Waals surface area contributed by atoms with Gasteiger partial charge in [-0.1, -0.05) is 19.6 Å². The van der Waals surface area contributed by atoms with Crippen molar-refractivity contribution in [3.63, 3.8) is 0 Å². The third kappa shape index (κ3) is 5.26. The monoisotopic (exact) mass is 222 g/mol. The summed E-state index contributed by atoms with van der Waals surface area (Å²) in [4.78, 5) is 0. The summed E-state index contributed by atoms with van der Waals surface area (Å²) in [6, 6.07) is 0. The third-order valence-electron chi connectivity index (χ3n) is 1.38. The van der Waals surface area contributed by atoms with E-state index in [4.69, 9.17) is 8.54 Å². The number of rotatable bonds is 4. The van der Waals surface area contributed by atoms with Crippen LogP contribution in [0.4, 0.5) is 0 Å². The fourth-order valence-electron chi connectivity index (χ4n) is 0.900. The Morgan fingerprint density at radius 2 is 1.33 bits per heavy atom. The largest absolute Gasteiger partial charge is 0.441 e. The van der Waals surface area contributed by atoms with Gasteiger partial charge >= 0.3 is 0 Å². The SMILES string of the molecule is CO[SiH](O[Si](C)(C)C)[Si](C)(C)C. The van der Waals surface area contributed by atoms with Crippen LogP contribution in [0.25, 0.3) is 0 Å². The smallest absolute Gasteiger partial charge is 0.289 e. The zero-order chi connectivity index (χ0) is 9.99. The van der Waals surface area contributed by atoms with Gasteiger partial charge < -0.3 is 8.54 Å². The van der Waals surface area contributed by atoms with Crippen molar-refractivity contribution in [2.75, 3.05) is 7.11 Å². The molecule has 0 saturated carbocycles. The molecular formula is C7H22O2Si3. The Bertz CT molecular complexity index is 137. The summed E-state index contributed by atoms with van der Waals surface area (Å²) in [7, 11) is -2.07. The molecule has 5 heteroatoms. The molecule has 0 radical (unpaired) electrons. The van der Waals surface area contributed by atoms with Crippen LogP contribution in [0.3, 0.4) is 0 Å². The minimum Gasteiger partial charge on any atom is -0.441 e. The van der Waals surface area contributed by atoms with Crippen molar-refractivity contribution < 1.29 is 8.54 Å². The lowest BCUT2D eigenvalue weighted by atomic mass is 11.8. The molecule has 0 amide bonds. The summed E-state index contributed by atoms with van der Waals surface area (Å²) in [5.41, 5.74) is 0. The second kappa shape index (κ2) is 4.19. The summed E-state index contributed by atoms with van der Waals surface area (Å²) in [6.45, 7) is 13.7. The second-order valence-electron chi connectivity index (χ2n) is 5.16. The standard InChI is InChI=1S/C7H22O2Si3/c1-8-10(12(5,6)7)9-11(2,3)4/h10H,1-7H3. The lowest BCUT2D eigenvalue weighted by Gasteiger charge is -2.31. The van der Waals surface area contributed by atoms with E-state index in [0.717, 1.165) is 0 Å². The first kappa shape index (κ1) is 12.6. The molecule has 0 bridgehead atoms. The van der Waals surface area contributed by atoms with Crippen molar-refractivity contribution in [1.29, 1.82) is 0 Å². The lowest BCUT2D eigenvalue weighted by Crippen LogP contribution is -2.51. The minimum atomic E-state index is -1.38. The summed E-state index contributed by atoms with van der Waals surface area (Å²) in [5, 5.41) is 0. The Kier molecular flexibility index (Phi) is 4.39.